The van der Waals surface area contributed by atoms with Gasteiger partial charge in [-0.2, -0.15) is 11.8 Å². The summed E-state index contributed by atoms with van der Waals surface area (Å²) in [5, 5.41) is 0.849. The highest BCUT2D eigenvalue weighted by Crippen LogP contribution is 2.31. The molecule has 0 aliphatic heterocycles. The highest BCUT2D eigenvalue weighted by Gasteiger charge is 2.19. The van der Waals surface area contributed by atoms with Gasteiger partial charge in [-0.25, -0.2) is 0 Å². The fourth-order valence-electron chi connectivity index (χ4n) is 2.05. The summed E-state index contributed by atoms with van der Waals surface area (Å²) in [4.78, 5) is 0. The summed E-state index contributed by atoms with van der Waals surface area (Å²) in [6.07, 6.45) is 5.58. The van der Waals surface area contributed by atoms with Gasteiger partial charge in [-0.05, 0) is 18.8 Å². The topological polar surface area (TPSA) is 35.2 Å². The van der Waals surface area contributed by atoms with Gasteiger partial charge in [0.2, 0.25) is 0 Å². The molecule has 14 heavy (non-hydrogen) atoms. The summed E-state index contributed by atoms with van der Waals surface area (Å²) in [7, 11) is 1.72. The highest BCUT2D eigenvalue weighted by atomic mass is 32.2. The molecule has 1 aliphatic carbocycles. The molecule has 2 nitrogen and oxygen atoms in total. The predicted octanol–water partition coefficient (Wildman–Crippen LogP) is 2.27. The first-order chi connectivity index (χ1) is 6.72. The summed E-state index contributed by atoms with van der Waals surface area (Å²) < 4.78 is 5.03. The summed E-state index contributed by atoms with van der Waals surface area (Å²) in [5.41, 5.74) is 5.89. The van der Waals surface area contributed by atoms with Crippen LogP contribution in [-0.2, 0) is 4.74 Å². The number of nitrogens with two attached hydrogens (primary N) is 1. The average molecular weight is 217 g/mol. The summed E-state index contributed by atoms with van der Waals surface area (Å²) in [6.45, 7) is 3.05. The Labute approximate surface area is 92.0 Å². The first-order valence-electron chi connectivity index (χ1n) is 5.58. The summed E-state index contributed by atoms with van der Waals surface area (Å²) in [6, 6.07) is 0.210. The smallest absolute Gasteiger partial charge is 0.0621 e. The maximum Gasteiger partial charge on any atom is 0.0621 e. The van der Waals surface area contributed by atoms with Crippen LogP contribution in [0.15, 0.2) is 0 Å². The van der Waals surface area contributed by atoms with E-state index in [-0.39, 0.29) is 6.04 Å². The lowest BCUT2D eigenvalue weighted by atomic mass is 9.91. The third-order valence-electron chi connectivity index (χ3n) is 2.82. The van der Waals surface area contributed by atoms with Gasteiger partial charge in [-0.1, -0.05) is 19.8 Å². The summed E-state index contributed by atoms with van der Waals surface area (Å²) in [5.74, 6) is 1.96. The molecule has 2 N–H and O–H groups in total. The lowest BCUT2D eigenvalue weighted by molar-refractivity contribution is 0.186. The Hall–Kier alpha value is 0.270. The van der Waals surface area contributed by atoms with Crippen molar-refractivity contribution in [3.63, 3.8) is 0 Å². The van der Waals surface area contributed by atoms with E-state index in [0.717, 1.165) is 16.9 Å². The van der Waals surface area contributed by atoms with Crippen molar-refractivity contribution in [2.45, 2.75) is 43.9 Å². The Balaban J connectivity index is 2.10. The first kappa shape index (κ1) is 12.3. The molecule has 3 heteroatoms. The van der Waals surface area contributed by atoms with Crippen LogP contribution < -0.4 is 5.73 Å². The van der Waals surface area contributed by atoms with Gasteiger partial charge < -0.3 is 10.5 Å². The van der Waals surface area contributed by atoms with Crippen LogP contribution in [0.1, 0.15) is 32.6 Å². The lowest BCUT2D eigenvalue weighted by Gasteiger charge is -2.27. The third-order valence-corrected chi connectivity index (χ3v) is 4.34. The molecular formula is C11H23NOS. The SMILES string of the molecule is COCC(N)CSC1CCCC(C)C1. The van der Waals surface area contributed by atoms with Crippen molar-refractivity contribution < 1.29 is 4.74 Å². The number of ether oxygens (including phenoxy) is 1. The predicted molar refractivity (Wildman–Crippen MR) is 63.7 cm³/mol. The minimum Gasteiger partial charge on any atom is -0.383 e. The van der Waals surface area contributed by atoms with E-state index in [1.807, 2.05) is 11.8 Å². The van der Waals surface area contributed by atoms with Gasteiger partial charge >= 0.3 is 0 Å². The number of rotatable bonds is 5. The van der Waals surface area contributed by atoms with E-state index in [1.165, 1.54) is 25.7 Å². The number of methoxy groups -OCH3 is 1. The van der Waals surface area contributed by atoms with Crippen LogP contribution in [0.4, 0.5) is 0 Å². The molecule has 84 valence electrons. The van der Waals surface area contributed by atoms with Gasteiger partial charge in [0, 0.05) is 24.2 Å². The lowest BCUT2D eigenvalue weighted by Crippen LogP contribution is -2.29. The van der Waals surface area contributed by atoms with Crippen molar-refractivity contribution in [1.29, 1.82) is 0 Å². The monoisotopic (exact) mass is 217 g/mol. The molecule has 0 saturated heterocycles. The van der Waals surface area contributed by atoms with Gasteiger partial charge in [0.15, 0.2) is 0 Å². The van der Waals surface area contributed by atoms with Crippen molar-refractivity contribution in [3.05, 3.63) is 0 Å². The Kier molecular flexibility index (Phi) is 5.90. The Morgan fingerprint density at radius 2 is 2.29 bits per heavy atom. The largest absolute Gasteiger partial charge is 0.383 e. The van der Waals surface area contributed by atoms with Crippen molar-refractivity contribution in [2.75, 3.05) is 19.5 Å². The molecule has 0 aromatic carbocycles. The van der Waals surface area contributed by atoms with Crippen LogP contribution in [-0.4, -0.2) is 30.8 Å². The Morgan fingerprint density at radius 3 is 2.93 bits per heavy atom. The molecule has 0 aromatic heterocycles. The molecule has 3 atom stereocenters. The quantitative estimate of drug-likeness (QED) is 0.767. The van der Waals surface area contributed by atoms with E-state index in [1.54, 1.807) is 7.11 Å². The number of thioether (sulfide) groups is 1. The van der Waals surface area contributed by atoms with E-state index in [0.29, 0.717) is 6.61 Å². The standard InChI is InChI=1S/C11H23NOS/c1-9-4-3-5-11(6-9)14-8-10(12)7-13-2/h9-11H,3-8,12H2,1-2H3. The average Bonchev–Trinajstić information content (AvgIpc) is 2.15. The molecule has 0 heterocycles. The minimum atomic E-state index is 0.210. The van der Waals surface area contributed by atoms with Gasteiger partial charge in [0.05, 0.1) is 6.61 Å². The van der Waals surface area contributed by atoms with E-state index in [4.69, 9.17) is 10.5 Å². The van der Waals surface area contributed by atoms with E-state index in [9.17, 15) is 0 Å². The normalized spacial score (nSPS) is 30.2. The molecule has 0 spiro atoms. The molecule has 0 radical (unpaired) electrons. The second-order valence-electron chi connectivity index (χ2n) is 4.44. The number of hydrogen-bond acceptors (Lipinski definition) is 3. The van der Waals surface area contributed by atoms with Gasteiger partial charge in [-0.3, -0.25) is 0 Å². The van der Waals surface area contributed by atoms with Crippen LogP contribution in [0.3, 0.4) is 0 Å². The van der Waals surface area contributed by atoms with Crippen molar-refractivity contribution in [2.24, 2.45) is 11.7 Å². The second kappa shape index (κ2) is 6.70. The van der Waals surface area contributed by atoms with E-state index >= 15 is 0 Å². The van der Waals surface area contributed by atoms with Crippen LogP contribution in [0, 0.1) is 5.92 Å². The van der Waals surface area contributed by atoms with E-state index < -0.39 is 0 Å². The zero-order chi connectivity index (χ0) is 10.4. The zero-order valence-electron chi connectivity index (χ0n) is 9.37. The van der Waals surface area contributed by atoms with E-state index in [2.05, 4.69) is 6.92 Å². The van der Waals surface area contributed by atoms with Gasteiger partial charge in [0.25, 0.3) is 0 Å². The zero-order valence-corrected chi connectivity index (χ0v) is 10.2. The fraction of sp³-hybridized carbons (Fsp3) is 1.00. The molecule has 0 aromatic rings. The molecular weight excluding hydrogens is 194 g/mol. The Morgan fingerprint density at radius 1 is 1.50 bits per heavy atom. The Bertz CT molecular complexity index is 154. The molecule has 1 fully saturated rings. The molecule has 1 aliphatic rings. The van der Waals surface area contributed by atoms with Crippen molar-refractivity contribution in [3.8, 4) is 0 Å². The van der Waals surface area contributed by atoms with Crippen molar-refractivity contribution >= 4 is 11.8 Å². The third kappa shape index (κ3) is 4.67. The molecule has 0 bridgehead atoms. The van der Waals surface area contributed by atoms with Crippen LogP contribution in [0.5, 0.6) is 0 Å². The molecule has 1 saturated carbocycles. The van der Waals surface area contributed by atoms with Gasteiger partial charge in [-0.15, -0.1) is 0 Å². The second-order valence-corrected chi connectivity index (χ2v) is 5.78. The van der Waals surface area contributed by atoms with Crippen molar-refractivity contribution in [1.82, 2.24) is 0 Å². The summed E-state index contributed by atoms with van der Waals surface area (Å²) >= 11 is 2.04. The number of hydrogen-bond donors (Lipinski definition) is 1. The molecule has 0 amide bonds. The van der Waals surface area contributed by atoms with Gasteiger partial charge in [0.1, 0.15) is 0 Å². The maximum absolute atomic E-state index is 5.89. The highest BCUT2D eigenvalue weighted by molar-refractivity contribution is 7.99. The molecule has 1 rings (SSSR count). The van der Waals surface area contributed by atoms with Crippen LogP contribution in [0.25, 0.3) is 0 Å². The first-order valence-corrected chi connectivity index (χ1v) is 6.63. The van der Waals surface area contributed by atoms with Crippen LogP contribution >= 0.6 is 11.8 Å². The maximum atomic E-state index is 5.89. The minimum absolute atomic E-state index is 0.210. The fourth-order valence-corrected chi connectivity index (χ4v) is 3.47. The molecule has 3 unspecified atom stereocenters. The van der Waals surface area contributed by atoms with Crippen LogP contribution in [0.2, 0.25) is 0 Å².